The van der Waals surface area contributed by atoms with E-state index < -0.39 is 0 Å². The molecule has 2 aromatic heterocycles. The number of rotatable bonds is 2. The predicted molar refractivity (Wildman–Crippen MR) is 84.9 cm³/mol. The van der Waals surface area contributed by atoms with E-state index in [1.54, 1.807) is 0 Å². The van der Waals surface area contributed by atoms with Crippen LogP contribution in [-0.2, 0) is 6.54 Å². The molecular weight excluding hydrogens is 351 g/mol. The molecule has 19 heavy (non-hydrogen) atoms. The minimum atomic E-state index is 0.665. The highest BCUT2D eigenvalue weighted by molar-refractivity contribution is 14.1. The lowest BCUT2D eigenvalue weighted by Crippen LogP contribution is -2.07. The van der Waals surface area contributed by atoms with E-state index in [2.05, 4.69) is 38.7 Å². The minimum absolute atomic E-state index is 0.665. The predicted octanol–water partition coefficient (Wildman–Crippen LogP) is 2.97. The van der Waals surface area contributed by atoms with E-state index in [-0.39, 0.29) is 0 Å². The number of nitrogens with two attached hydrogens (primary N) is 1. The van der Waals surface area contributed by atoms with Crippen molar-refractivity contribution < 1.29 is 0 Å². The lowest BCUT2D eigenvalue weighted by Gasteiger charge is -2.07. The van der Waals surface area contributed by atoms with Gasteiger partial charge in [-0.15, -0.1) is 0 Å². The van der Waals surface area contributed by atoms with Crippen LogP contribution in [0.15, 0.2) is 36.5 Å². The van der Waals surface area contributed by atoms with Crippen LogP contribution in [0.25, 0.3) is 10.9 Å². The number of hydrogen-bond donors (Lipinski definition) is 1. The largest absolute Gasteiger partial charge is 0.383 e. The van der Waals surface area contributed by atoms with E-state index in [9.17, 15) is 0 Å². The van der Waals surface area contributed by atoms with E-state index in [1.807, 2.05) is 42.1 Å². The van der Waals surface area contributed by atoms with Crippen molar-refractivity contribution in [3.8, 4) is 0 Å². The summed E-state index contributed by atoms with van der Waals surface area (Å²) in [5.41, 5.74) is 9.22. The fraction of sp³-hybridized carbons (Fsp3) is 0.143. The van der Waals surface area contributed by atoms with Crippen molar-refractivity contribution in [1.29, 1.82) is 0 Å². The average molecular weight is 364 g/mol. The first-order valence-electron chi connectivity index (χ1n) is 5.98. The zero-order valence-electron chi connectivity index (χ0n) is 10.5. The third-order valence-corrected chi connectivity index (χ3v) is 4.48. The highest BCUT2D eigenvalue weighted by Crippen LogP contribution is 2.22. The monoisotopic (exact) mass is 364 g/mol. The van der Waals surface area contributed by atoms with Crippen LogP contribution in [0.2, 0.25) is 0 Å². The third kappa shape index (κ3) is 2.18. The number of fused-ring (bicyclic) bond motifs is 1. The van der Waals surface area contributed by atoms with Crippen LogP contribution in [0, 0.1) is 10.5 Å². The maximum atomic E-state index is 6.07. The van der Waals surface area contributed by atoms with Gasteiger partial charge in [-0.05, 0) is 47.2 Å². The third-order valence-electron chi connectivity index (χ3n) is 3.15. The Kier molecular flexibility index (Phi) is 3.14. The molecule has 0 unspecified atom stereocenters. The molecule has 0 spiro atoms. The van der Waals surface area contributed by atoms with Crippen LogP contribution in [0.1, 0.15) is 11.3 Å². The van der Waals surface area contributed by atoms with Crippen molar-refractivity contribution in [2.24, 2.45) is 0 Å². The molecule has 0 saturated carbocycles. The van der Waals surface area contributed by atoms with Gasteiger partial charge in [-0.3, -0.25) is 4.98 Å². The lowest BCUT2D eigenvalue weighted by molar-refractivity contribution is 0.692. The number of aromatic nitrogens is 3. The molecule has 2 N–H and O–H groups in total. The van der Waals surface area contributed by atoms with Gasteiger partial charge in [-0.1, -0.05) is 18.2 Å². The Labute approximate surface area is 124 Å². The molecule has 3 aromatic rings. The van der Waals surface area contributed by atoms with Gasteiger partial charge in [0.05, 0.1) is 21.3 Å². The fourth-order valence-electron chi connectivity index (χ4n) is 2.15. The molecule has 0 amide bonds. The van der Waals surface area contributed by atoms with Crippen molar-refractivity contribution in [1.82, 2.24) is 14.8 Å². The topological polar surface area (TPSA) is 56.7 Å². The SMILES string of the molecule is Cc1nn(Cc2ccnc3ccccc23)c(N)c1I. The van der Waals surface area contributed by atoms with Gasteiger partial charge >= 0.3 is 0 Å². The molecule has 0 saturated heterocycles. The molecule has 2 heterocycles. The molecule has 0 bridgehead atoms. The van der Waals surface area contributed by atoms with E-state index >= 15 is 0 Å². The Balaban J connectivity index is 2.08. The number of halogens is 1. The lowest BCUT2D eigenvalue weighted by atomic mass is 10.1. The van der Waals surface area contributed by atoms with Gasteiger partial charge in [0, 0.05) is 11.6 Å². The Morgan fingerprint density at radius 2 is 2.05 bits per heavy atom. The summed E-state index contributed by atoms with van der Waals surface area (Å²) in [4.78, 5) is 4.37. The number of anilines is 1. The standard InChI is InChI=1S/C14H13IN4/c1-9-13(15)14(16)19(18-9)8-10-6-7-17-12-5-3-2-4-11(10)12/h2-7H,8,16H2,1H3. The van der Waals surface area contributed by atoms with Crippen LogP contribution in [0.3, 0.4) is 0 Å². The van der Waals surface area contributed by atoms with Crippen LogP contribution >= 0.6 is 22.6 Å². The van der Waals surface area contributed by atoms with E-state index in [0.29, 0.717) is 6.54 Å². The van der Waals surface area contributed by atoms with Gasteiger partial charge in [-0.2, -0.15) is 5.10 Å². The first kappa shape index (κ1) is 12.4. The minimum Gasteiger partial charge on any atom is -0.383 e. The van der Waals surface area contributed by atoms with Crippen molar-refractivity contribution in [2.75, 3.05) is 5.73 Å². The summed E-state index contributed by atoms with van der Waals surface area (Å²) in [6.07, 6.45) is 1.83. The molecule has 0 aliphatic heterocycles. The van der Waals surface area contributed by atoms with Crippen LogP contribution in [0.5, 0.6) is 0 Å². The van der Waals surface area contributed by atoms with Gasteiger partial charge in [0.1, 0.15) is 5.82 Å². The zero-order valence-corrected chi connectivity index (χ0v) is 12.6. The van der Waals surface area contributed by atoms with Crippen molar-refractivity contribution >= 4 is 39.3 Å². The summed E-state index contributed by atoms with van der Waals surface area (Å²) in [5.74, 6) is 0.721. The second-order valence-corrected chi connectivity index (χ2v) is 5.51. The number of para-hydroxylation sites is 1. The second kappa shape index (κ2) is 4.80. The number of benzene rings is 1. The quantitative estimate of drug-likeness (QED) is 0.712. The molecule has 3 rings (SSSR count). The van der Waals surface area contributed by atoms with Gasteiger partial charge < -0.3 is 5.73 Å². The van der Waals surface area contributed by atoms with Crippen molar-refractivity contribution in [2.45, 2.75) is 13.5 Å². The average Bonchev–Trinajstić information content (AvgIpc) is 2.67. The van der Waals surface area contributed by atoms with Gasteiger partial charge in [0.25, 0.3) is 0 Å². The van der Waals surface area contributed by atoms with Gasteiger partial charge in [0.15, 0.2) is 0 Å². The summed E-state index contributed by atoms with van der Waals surface area (Å²) in [6, 6.07) is 10.1. The number of nitrogen functional groups attached to an aromatic ring is 1. The highest BCUT2D eigenvalue weighted by atomic mass is 127. The molecule has 4 nitrogen and oxygen atoms in total. The fourth-order valence-corrected chi connectivity index (χ4v) is 2.54. The molecule has 0 radical (unpaired) electrons. The van der Waals surface area contributed by atoms with E-state index in [1.165, 1.54) is 5.56 Å². The number of nitrogens with zero attached hydrogens (tertiary/aromatic N) is 3. The normalized spacial score (nSPS) is 11.1. The summed E-state index contributed by atoms with van der Waals surface area (Å²) >= 11 is 2.23. The first-order chi connectivity index (χ1) is 9.16. The molecule has 1 aromatic carbocycles. The van der Waals surface area contributed by atoms with Crippen LogP contribution < -0.4 is 5.73 Å². The smallest absolute Gasteiger partial charge is 0.135 e. The Morgan fingerprint density at radius 3 is 2.79 bits per heavy atom. The van der Waals surface area contributed by atoms with Gasteiger partial charge in [0.2, 0.25) is 0 Å². The summed E-state index contributed by atoms with van der Waals surface area (Å²) in [7, 11) is 0. The molecule has 0 aliphatic rings. The maximum Gasteiger partial charge on any atom is 0.135 e. The Morgan fingerprint density at radius 1 is 1.26 bits per heavy atom. The van der Waals surface area contributed by atoms with Crippen LogP contribution in [0.4, 0.5) is 5.82 Å². The Bertz CT molecular complexity index is 743. The van der Waals surface area contributed by atoms with E-state index in [4.69, 9.17) is 5.73 Å². The maximum absolute atomic E-state index is 6.07. The van der Waals surface area contributed by atoms with E-state index in [0.717, 1.165) is 26.0 Å². The number of hydrogen-bond acceptors (Lipinski definition) is 3. The summed E-state index contributed by atoms with van der Waals surface area (Å²) in [6.45, 7) is 2.64. The second-order valence-electron chi connectivity index (χ2n) is 4.43. The highest BCUT2D eigenvalue weighted by Gasteiger charge is 2.11. The molecular formula is C14H13IN4. The zero-order chi connectivity index (χ0) is 13.4. The van der Waals surface area contributed by atoms with Crippen LogP contribution in [-0.4, -0.2) is 14.8 Å². The molecule has 96 valence electrons. The number of pyridine rings is 1. The molecule has 0 fully saturated rings. The molecule has 5 heteroatoms. The van der Waals surface area contributed by atoms with Crippen molar-refractivity contribution in [3.05, 3.63) is 51.4 Å². The first-order valence-corrected chi connectivity index (χ1v) is 7.05. The molecule has 0 aliphatic carbocycles. The summed E-state index contributed by atoms with van der Waals surface area (Å²) < 4.78 is 2.87. The molecule has 0 atom stereocenters. The van der Waals surface area contributed by atoms with Gasteiger partial charge in [-0.25, -0.2) is 4.68 Å². The summed E-state index contributed by atoms with van der Waals surface area (Å²) in [5, 5.41) is 5.62. The number of aryl methyl sites for hydroxylation is 1. The van der Waals surface area contributed by atoms with Crippen molar-refractivity contribution in [3.63, 3.8) is 0 Å². The Hall–Kier alpha value is -1.63.